The van der Waals surface area contributed by atoms with Gasteiger partial charge in [-0.25, -0.2) is 0 Å². The molecule has 1 aromatic carbocycles. The topological polar surface area (TPSA) is 46.2 Å². The highest BCUT2D eigenvalue weighted by molar-refractivity contribution is 6.32. The molecule has 0 amide bonds. The van der Waals surface area contributed by atoms with Crippen molar-refractivity contribution in [2.75, 3.05) is 0 Å². The average Bonchev–Trinajstić information content (AvgIpc) is 2.07. The molecule has 0 spiro atoms. The summed E-state index contributed by atoms with van der Waals surface area (Å²) in [6, 6.07) is 5.52. The van der Waals surface area contributed by atoms with Crippen LogP contribution in [0.25, 0.3) is 0 Å². The molecule has 0 saturated heterocycles. The Hall–Kier alpha value is -0.730. The molecule has 13 heavy (non-hydrogen) atoms. The van der Waals surface area contributed by atoms with Crippen LogP contribution in [0.2, 0.25) is 5.02 Å². The van der Waals surface area contributed by atoms with Crippen molar-refractivity contribution >= 4 is 11.6 Å². The number of nitrogens with two attached hydrogens (primary N) is 1. The molecule has 0 aromatic heterocycles. The zero-order chi connectivity index (χ0) is 9.84. The van der Waals surface area contributed by atoms with E-state index >= 15 is 0 Å². The largest absolute Gasteiger partial charge is 0.506 e. The van der Waals surface area contributed by atoms with Gasteiger partial charge in [-0.3, -0.25) is 0 Å². The van der Waals surface area contributed by atoms with Crippen LogP contribution in [0.3, 0.4) is 0 Å². The summed E-state index contributed by atoms with van der Waals surface area (Å²) in [7, 11) is 0. The summed E-state index contributed by atoms with van der Waals surface area (Å²) in [5.74, 6) is 0.185. The maximum atomic E-state index is 9.54. The van der Waals surface area contributed by atoms with E-state index in [1.807, 2.05) is 19.1 Å². The van der Waals surface area contributed by atoms with Crippen LogP contribution in [0.15, 0.2) is 18.2 Å². The minimum atomic E-state index is 0.151. The summed E-state index contributed by atoms with van der Waals surface area (Å²) in [5, 5.41) is 9.94. The van der Waals surface area contributed by atoms with E-state index in [1.54, 1.807) is 6.07 Å². The van der Waals surface area contributed by atoms with Crippen LogP contribution in [0, 0.1) is 0 Å². The van der Waals surface area contributed by atoms with E-state index in [0.717, 1.165) is 18.4 Å². The van der Waals surface area contributed by atoms with Crippen LogP contribution in [-0.2, 0) is 6.42 Å². The summed E-state index contributed by atoms with van der Waals surface area (Å²) in [6.45, 7) is 1.95. The van der Waals surface area contributed by atoms with E-state index in [-0.39, 0.29) is 11.8 Å². The fourth-order valence-electron chi connectivity index (χ4n) is 1.14. The summed E-state index contributed by atoms with van der Waals surface area (Å²) < 4.78 is 0. The summed E-state index contributed by atoms with van der Waals surface area (Å²) in [4.78, 5) is 0. The van der Waals surface area contributed by atoms with Crippen molar-refractivity contribution in [3.05, 3.63) is 28.8 Å². The molecule has 1 atom stereocenters. The summed E-state index contributed by atoms with van der Waals surface area (Å²) in [6.07, 6.45) is 1.62. The zero-order valence-electron chi connectivity index (χ0n) is 7.63. The molecule has 0 saturated carbocycles. The lowest BCUT2D eigenvalue weighted by molar-refractivity contribution is 0.466. The van der Waals surface area contributed by atoms with Gasteiger partial charge >= 0.3 is 0 Å². The minimum absolute atomic E-state index is 0.151. The van der Waals surface area contributed by atoms with Crippen molar-refractivity contribution in [2.45, 2.75) is 25.8 Å². The van der Waals surface area contributed by atoms with Gasteiger partial charge in [-0.2, -0.15) is 0 Å². The first-order valence-corrected chi connectivity index (χ1v) is 4.71. The molecule has 0 aliphatic heterocycles. The van der Waals surface area contributed by atoms with Gasteiger partial charge < -0.3 is 10.8 Å². The molecule has 3 heteroatoms. The highest BCUT2D eigenvalue weighted by atomic mass is 35.5. The Morgan fingerprint density at radius 3 is 2.85 bits per heavy atom. The average molecular weight is 200 g/mol. The van der Waals surface area contributed by atoms with Crippen LogP contribution in [-0.4, -0.2) is 11.1 Å². The number of phenols is 1. The first-order valence-electron chi connectivity index (χ1n) is 4.33. The van der Waals surface area contributed by atoms with E-state index in [0.29, 0.717) is 5.02 Å². The lowest BCUT2D eigenvalue weighted by atomic mass is 10.1. The molecule has 0 bridgehead atoms. The molecule has 1 rings (SSSR count). The van der Waals surface area contributed by atoms with Gasteiger partial charge in [-0.1, -0.05) is 23.7 Å². The maximum absolute atomic E-state index is 9.54. The molecular formula is C10H14ClNO. The molecule has 0 aliphatic carbocycles. The first-order chi connectivity index (χ1) is 6.11. The Labute approximate surface area is 83.3 Å². The number of phenolic OH excluding ortho intramolecular Hbond substituents is 1. The van der Waals surface area contributed by atoms with E-state index in [2.05, 4.69) is 0 Å². The molecule has 3 N–H and O–H groups in total. The van der Waals surface area contributed by atoms with Gasteiger partial charge in [0.15, 0.2) is 0 Å². The number of benzene rings is 1. The lowest BCUT2D eigenvalue weighted by Crippen LogP contribution is -2.15. The monoisotopic (exact) mass is 199 g/mol. The third-order valence-electron chi connectivity index (χ3n) is 1.94. The normalized spacial score (nSPS) is 12.8. The summed E-state index contributed by atoms with van der Waals surface area (Å²) >= 11 is 5.75. The smallest absolute Gasteiger partial charge is 0.137 e. The van der Waals surface area contributed by atoms with Crippen LogP contribution < -0.4 is 5.73 Å². The van der Waals surface area contributed by atoms with E-state index in [1.165, 1.54) is 0 Å². The minimum Gasteiger partial charge on any atom is -0.506 e. The SMILES string of the molecule is C[C@H](N)CCc1cccc(Cl)c1O. The molecule has 2 nitrogen and oxygen atoms in total. The molecule has 1 aromatic rings. The molecule has 0 heterocycles. The van der Waals surface area contributed by atoms with Gasteiger partial charge in [0.05, 0.1) is 5.02 Å². The third kappa shape index (κ3) is 2.90. The quantitative estimate of drug-likeness (QED) is 0.785. The number of aromatic hydroxyl groups is 1. The van der Waals surface area contributed by atoms with E-state index < -0.39 is 0 Å². The van der Waals surface area contributed by atoms with Crippen molar-refractivity contribution in [3.8, 4) is 5.75 Å². The predicted octanol–water partition coefficient (Wildman–Crippen LogP) is 2.33. The number of aryl methyl sites for hydroxylation is 1. The zero-order valence-corrected chi connectivity index (χ0v) is 8.38. The fourth-order valence-corrected chi connectivity index (χ4v) is 1.34. The van der Waals surface area contributed by atoms with E-state index in [4.69, 9.17) is 17.3 Å². The molecule has 0 radical (unpaired) electrons. The Bertz CT molecular complexity index is 286. The standard InChI is InChI=1S/C10H14ClNO/c1-7(12)5-6-8-3-2-4-9(11)10(8)13/h2-4,7,13H,5-6,12H2,1H3/t7-/m0/s1. The van der Waals surface area contributed by atoms with Crippen molar-refractivity contribution in [2.24, 2.45) is 5.73 Å². The second-order valence-electron chi connectivity index (χ2n) is 3.26. The van der Waals surface area contributed by atoms with Gasteiger partial charge in [0.1, 0.15) is 5.75 Å². The maximum Gasteiger partial charge on any atom is 0.137 e. The number of halogens is 1. The predicted molar refractivity (Wildman–Crippen MR) is 55.1 cm³/mol. The van der Waals surface area contributed by atoms with Gasteiger partial charge in [-0.05, 0) is 31.4 Å². The third-order valence-corrected chi connectivity index (χ3v) is 2.24. The van der Waals surface area contributed by atoms with Crippen molar-refractivity contribution in [3.63, 3.8) is 0 Å². The van der Waals surface area contributed by atoms with Crippen molar-refractivity contribution < 1.29 is 5.11 Å². The second-order valence-corrected chi connectivity index (χ2v) is 3.67. The Morgan fingerprint density at radius 1 is 1.54 bits per heavy atom. The van der Waals surface area contributed by atoms with Crippen LogP contribution >= 0.6 is 11.6 Å². The van der Waals surface area contributed by atoms with Crippen molar-refractivity contribution in [1.29, 1.82) is 0 Å². The van der Waals surface area contributed by atoms with Crippen LogP contribution in [0.5, 0.6) is 5.75 Å². The lowest BCUT2D eigenvalue weighted by Gasteiger charge is -2.07. The molecule has 0 aliphatic rings. The molecular weight excluding hydrogens is 186 g/mol. The molecule has 72 valence electrons. The van der Waals surface area contributed by atoms with Gasteiger partial charge in [-0.15, -0.1) is 0 Å². The highest BCUT2D eigenvalue weighted by Gasteiger charge is 2.05. The van der Waals surface area contributed by atoms with Gasteiger partial charge in [0.2, 0.25) is 0 Å². The Kier molecular flexibility index (Phi) is 3.58. The Balaban J connectivity index is 2.71. The van der Waals surface area contributed by atoms with E-state index in [9.17, 15) is 5.11 Å². The number of para-hydroxylation sites is 1. The van der Waals surface area contributed by atoms with Crippen LogP contribution in [0.4, 0.5) is 0 Å². The highest BCUT2D eigenvalue weighted by Crippen LogP contribution is 2.27. The van der Waals surface area contributed by atoms with Gasteiger partial charge in [0.25, 0.3) is 0 Å². The number of rotatable bonds is 3. The molecule has 0 fully saturated rings. The summed E-state index contributed by atoms with van der Waals surface area (Å²) in [5.41, 5.74) is 6.48. The van der Waals surface area contributed by atoms with Gasteiger partial charge in [0, 0.05) is 6.04 Å². The number of hydrogen-bond acceptors (Lipinski definition) is 2. The second kappa shape index (κ2) is 4.49. The van der Waals surface area contributed by atoms with Crippen LogP contribution in [0.1, 0.15) is 18.9 Å². The first kappa shape index (κ1) is 10.4. The van der Waals surface area contributed by atoms with Crippen molar-refractivity contribution in [1.82, 2.24) is 0 Å². The molecule has 0 unspecified atom stereocenters. The Morgan fingerprint density at radius 2 is 2.23 bits per heavy atom. The fraction of sp³-hybridized carbons (Fsp3) is 0.400. The number of hydrogen-bond donors (Lipinski definition) is 2.